The van der Waals surface area contributed by atoms with E-state index in [4.69, 9.17) is 9.84 Å². The topological polar surface area (TPSA) is 75.6 Å². The van der Waals surface area contributed by atoms with E-state index >= 15 is 0 Å². The van der Waals surface area contributed by atoms with E-state index in [0.717, 1.165) is 4.88 Å². The molecule has 2 N–H and O–H groups in total. The SMILES string of the molecule is Cc1ccc(C(=O)NC2COCC2C(=O)O)s1. The molecule has 1 aromatic heterocycles. The predicted octanol–water partition coefficient (Wildman–Crippen LogP) is 0.886. The monoisotopic (exact) mass is 255 g/mol. The van der Waals surface area contributed by atoms with E-state index in [1.807, 2.05) is 13.0 Å². The maximum Gasteiger partial charge on any atom is 0.311 e. The second-order valence-electron chi connectivity index (χ2n) is 3.97. The van der Waals surface area contributed by atoms with Gasteiger partial charge in [-0.05, 0) is 19.1 Å². The van der Waals surface area contributed by atoms with Gasteiger partial charge in [0.2, 0.25) is 0 Å². The summed E-state index contributed by atoms with van der Waals surface area (Å²) in [6, 6.07) is 3.16. The van der Waals surface area contributed by atoms with Crippen LogP contribution in [-0.4, -0.2) is 36.2 Å². The highest BCUT2D eigenvalue weighted by molar-refractivity contribution is 7.13. The Kier molecular flexibility index (Phi) is 3.44. The molecule has 1 aliphatic rings. The number of carboxylic acid groups (broad SMARTS) is 1. The number of aliphatic carboxylic acids is 1. The minimum absolute atomic E-state index is 0.156. The van der Waals surface area contributed by atoms with Crippen molar-refractivity contribution in [1.29, 1.82) is 0 Å². The molecule has 0 saturated carbocycles. The maximum absolute atomic E-state index is 11.8. The number of ether oxygens (including phenoxy) is 1. The standard InChI is InChI=1S/C11H13NO4S/c1-6-2-3-9(17-6)10(13)12-8-5-16-4-7(8)11(14)15/h2-3,7-8H,4-5H2,1H3,(H,12,13)(H,14,15). The smallest absolute Gasteiger partial charge is 0.311 e. The van der Waals surface area contributed by atoms with Crippen LogP contribution in [0.5, 0.6) is 0 Å². The Bertz CT molecular complexity index is 442. The number of amides is 1. The molecule has 92 valence electrons. The number of aryl methyl sites for hydroxylation is 1. The van der Waals surface area contributed by atoms with Crippen molar-refractivity contribution >= 4 is 23.2 Å². The van der Waals surface area contributed by atoms with Crippen molar-refractivity contribution in [3.8, 4) is 0 Å². The Hall–Kier alpha value is -1.40. The Balaban J connectivity index is 2.01. The van der Waals surface area contributed by atoms with Gasteiger partial charge in [0.25, 0.3) is 5.91 Å². The normalized spacial score (nSPS) is 23.6. The van der Waals surface area contributed by atoms with E-state index in [2.05, 4.69) is 5.32 Å². The van der Waals surface area contributed by atoms with Crippen molar-refractivity contribution in [3.05, 3.63) is 21.9 Å². The number of rotatable bonds is 3. The molecular weight excluding hydrogens is 242 g/mol. The first-order chi connectivity index (χ1) is 8.08. The molecule has 0 radical (unpaired) electrons. The molecule has 0 aliphatic carbocycles. The summed E-state index contributed by atoms with van der Waals surface area (Å²) in [4.78, 5) is 24.4. The molecule has 5 nitrogen and oxygen atoms in total. The zero-order chi connectivity index (χ0) is 12.4. The minimum Gasteiger partial charge on any atom is -0.481 e. The number of hydrogen-bond acceptors (Lipinski definition) is 4. The van der Waals surface area contributed by atoms with E-state index in [1.165, 1.54) is 11.3 Å². The average molecular weight is 255 g/mol. The number of nitrogens with one attached hydrogen (secondary N) is 1. The first-order valence-electron chi connectivity index (χ1n) is 5.26. The highest BCUT2D eigenvalue weighted by Crippen LogP contribution is 2.18. The molecule has 1 amide bonds. The fourth-order valence-corrected chi connectivity index (χ4v) is 2.51. The van der Waals surface area contributed by atoms with Gasteiger partial charge in [0.15, 0.2) is 0 Å². The number of carbonyl (C=O) groups excluding carboxylic acids is 1. The van der Waals surface area contributed by atoms with E-state index < -0.39 is 17.9 Å². The van der Waals surface area contributed by atoms with Crippen LogP contribution in [0.3, 0.4) is 0 Å². The second kappa shape index (κ2) is 4.85. The largest absolute Gasteiger partial charge is 0.481 e. The lowest BCUT2D eigenvalue weighted by Crippen LogP contribution is -2.42. The van der Waals surface area contributed by atoms with Crippen molar-refractivity contribution < 1.29 is 19.4 Å². The van der Waals surface area contributed by atoms with Crippen LogP contribution in [0.4, 0.5) is 0 Å². The average Bonchev–Trinajstić information content (AvgIpc) is 2.86. The first-order valence-corrected chi connectivity index (χ1v) is 6.07. The molecule has 2 atom stereocenters. The predicted molar refractivity (Wildman–Crippen MR) is 62.3 cm³/mol. The number of hydrogen-bond donors (Lipinski definition) is 2. The quantitative estimate of drug-likeness (QED) is 0.841. The molecule has 1 aromatic rings. The third kappa shape index (κ3) is 2.65. The van der Waals surface area contributed by atoms with Crippen LogP contribution < -0.4 is 5.32 Å². The summed E-state index contributed by atoms with van der Waals surface area (Å²) in [6.07, 6.45) is 0. The summed E-state index contributed by atoms with van der Waals surface area (Å²) in [5, 5.41) is 11.6. The van der Waals surface area contributed by atoms with E-state index in [-0.39, 0.29) is 19.1 Å². The molecule has 0 bridgehead atoms. The van der Waals surface area contributed by atoms with Gasteiger partial charge in [0.1, 0.15) is 5.92 Å². The molecule has 2 unspecified atom stereocenters. The van der Waals surface area contributed by atoms with Crippen LogP contribution >= 0.6 is 11.3 Å². The lowest BCUT2D eigenvalue weighted by atomic mass is 10.0. The van der Waals surface area contributed by atoms with Crippen LogP contribution in [0.15, 0.2) is 12.1 Å². The van der Waals surface area contributed by atoms with Gasteiger partial charge in [0.05, 0.1) is 24.1 Å². The third-order valence-corrected chi connectivity index (χ3v) is 3.68. The van der Waals surface area contributed by atoms with E-state index in [0.29, 0.717) is 4.88 Å². The first kappa shape index (κ1) is 12.1. The van der Waals surface area contributed by atoms with Crippen LogP contribution in [0.1, 0.15) is 14.5 Å². The van der Waals surface area contributed by atoms with Crippen LogP contribution in [0, 0.1) is 12.8 Å². The summed E-state index contributed by atoms with van der Waals surface area (Å²) in [5.41, 5.74) is 0. The summed E-state index contributed by atoms with van der Waals surface area (Å²) in [7, 11) is 0. The van der Waals surface area contributed by atoms with Crippen molar-refractivity contribution in [3.63, 3.8) is 0 Å². The Labute approximate surface area is 102 Å². The van der Waals surface area contributed by atoms with E-state index in [1.54, 1.807) is 6.07 Å². The summed E-state index contributed by atoms with van der Waals surface area (Å²) < 4.78 is 5.08. The molecule has 17 heavy (non-hydrogen) atoms. The molecule has 1 aliphatic heterocycles. The van der Waals surface area contributed by atoms with Gasteiger partial charge in [-0.25, -0.2) is 0 Å². The second-order valence-corrected chi connectivity index (χ2v) is 5.26. The number of carbonyl (C=O) groups is 2. The lowest BCUT2D eigenvalue weighted by molar-refractivity contribution is -0.142. The number of carboxylic acids is 1. The van der Waals surface area contributed by atoms with Crippen LogP contribution in [0.2, 0.25) is 0 Å². The maximum atomic E-state index is 11.8. The van der Waals surface area contributed by atoms with Gasteiger partial charge in [-0.2, -0.15) is 0 Å². The summed E-state index contributed by atoms with van der Waals surface area (Å²) in [6.45, 7) is 2.33. The molecule has 0 aromatic carbocycles. The van der Waals surface area contributed by atoms with Gasteiger partial charge in [-0.3, -0.25) is 9.59 Å². The molecule has 1 fully saturated rings. The highest BCUT2D eigenvalue weighted by atomic mass is 32.1. The third-order valence-electron chi connectivity index (χ3n) is 2.68. The summed E-state index contributed by atoms with van der Waals surface area (Å²) >= 11 is 1.39. The van der Waals surface area contributed by atoms with Crippen molar-refractivity contribution in [2.45, 2.75) is 13.0 Å². The van der Waals surface area contributed by atoms with Gasteiger partial charge in [-0.15, -0.1) is 11.3 Å². The minimum atomic E-state index is -0.935. The van der Waals surface area contributed by atoms with Gasteiger partial charge >= 0.3 is 5.97 Å². The van der Waals surface area contributed by atoms with E-state index in [9.17, 15) is 9.59 Å². The van der Waals surface area contributed by atoms with Gasteiger partial charge < -0.3 is 15.2 Å². The Morgan fingerprint density at radius 1 is 1.47 bits per heavy atom. The molecule has 0 spiro atoms. The van der Waals surface area contributed by atoms with Gasteiger partial charge in [-0.1, -0.05) is 0 Å². The van der Waals surface area contributed by atoms with Crippen molar-refractivity contribution in [1.82, 2.24) is 5.32 Å². The molecule has 1 saturated heterocycles. The fourth-order valence-electron chi connectivity index (χ4n) is 1.74. The lowest BCUT2D eigenvalue weighted by Gasteiger charge is -2.14. The Morgan fingerprint density at radius 2 is 2.24 bits per heavy atom. The van der Waals surface area contributed by atoms with Crippen molar-refractivity contribution in [2.75, 3.05) is 13.2 Å². The molecule has 6 heteroatoms. The molecule has 2 heterocycles. The zero-order valence-electron chi connectivity index (χ0n) is 9.30. The molecule has 2 rings (SSSR count). The number of thiophene rings is 1. The van der Waals surface area contributed by atoms with Crippen LogP contribution in [-0.2, 0) is 9.53 Å². The van der Waals surface area contributed by atoms with Crippen molar-refractivity contribution in [2.24, 2.45) is 5.92 Å². The zero-order valence-corrected chi connectivity index (χ0v) is 10.1. The summed E-state index contributed by atoms with van der Waals surface area (Å²) in [5.74, 6) is -1.82. The molecular formula is C11H13NO4S. The fraction of sp³-hybridized carbons (Fsp3) is 0.455. The highest BCUT2D eigenvalue weighted by Gasteiger charge is 2.35. The van der Waals surface area contributed by atoms with Crippen LogP contribution in [0.25, 0.3) is 0 Å². The Morgan fingerprint density at radius 3 is 2.82 bits per heavy atom. The van der Waals surface area contributed by atoms with Gasteiger partial charge in [0, 0.05) is 4.88 Å².